The van der Waals surface area contributed by atoms with E-state index < -0.39 is 5.97 Å². The predicted molar refractivity (Wildman–Crippen MR) is 115 cm³/mol. The van der Waals surface area contributed by atoms with E-state index in [-0.39, 0.29) is 17.9 Å². The molecule has 0 radical (unpaired) electrons. The number of carbonyl (C=O) groups excluding carboxylic acids is 1. The van der Waals surface area contributed by atoms with E-state index in [2.05, 4.69) is 17.7 Å². The molecule has 0 saturated heterocycles. The number of esters is 1. The van der Waals surface area contributed by atoms with E-state index in [1.54, 1.807) is 55.5 Å². The zero-order valence-corrected chi connectivity index (χ0v) is 17.6. The second-order valence-corrected chi connectivity index (χ2v) is 6.88. The minimum atomic E-state index is -0.690. The minimum absolute atomic E-state index is 0.0826. The molecule has 2 aromatic carbocycles. The van der Waals surface area contributed by atoms with E-state index in [0.717, 1.165) is 0 Å². The number of hydrogen-bond acceptors (Lipinski definition) is 5. The Morgan fingerprint density at radius 2 is 2.00 bits per heavy atom. The highest BCUT2D eigenvalue weighted by Crippen LogP contribution is 2.33. The lowest BCUT2D eigenvalue weighted by Gasteiger charge is -2.11. The zero-order chi connectivity index (χ0) is 21.7. The summed E-state index contributed by atoms with van der Waals surface area (Å²) in [7, 11) is 0. The molecule has 152 valence electrons. The Hall–Kier alpha value is -3.27. The molecule has 1 heterocycles. The summed E-state index contributed by atoms with van der Waals surface area (Å²) in [4.78, 5) is 12.4. The van der Waals surface area contributed by atoms with Crippen LogP contribution in [0.25, 0.3) is 16.9 Å². The monoisotopic (exact) mass is 441 g/mol. The average molecular weight is 442 g/mol. The molecule has 0 spiro atoms. The van der Waals surface area contributed by atoms with Crippen LogP contribution < -0.4 is 4.74 Å². The van der Waals surface area contributed by atoms with Crippen molar-refractivity contribution in [3.8, 4) is 28.8 Å². The molecule has 1 aromatic heterocycles. The average Bonchev–Trinajstić information content (AvgIpc) is 3.12. The molecule has 0 saturated carbocycles. The van der Waals surface area contributed by atoms with Crippen LogP contribution in [0.2, 0.25) is 10.0 Å². The maximum absolute atomic E-state index is 12.4. The highest BCUT2D eigenvalue weighted by Gasteiger charge is 2.26. The van der Waals surface area contributed by atoms with Crippen molar-refractivity contribution in [2.24, 2.45) is 0 Å². The molecule has 3 aromatic rings. The molecular formula is C22H17Cl2N3O3. The number of benzene rings is 2. The molecule has 0 unspecified atom stereocenters. The highest BCUT2D eigenvalue weighted by atomic mass is 35.5. The van der Waals surface area contributed by atoms with E-state index in [4.69, 9.17) is 32.7 Å². The van der Waals surface area contributed by atoms with Crippen LogP contribution in [-0.4, -0.2) is 29.0 Å². The van der Waals surface area contributed by atoms with Crippen molar-refractivity contribution in [1.82, 2.24) is 9.78 Å². The first-order chi connectivity index (χ1) is 14.5. The summed E-state index contributed by atoms with van der Waals surface area (Å²) in [6.45, 7) is 5.82. The SMILES string of the molecule is C=CCOc1ccc(-c2c(C#N)c(C(=O)OCC)nn2-c2ccc(Cl)cc2Cl)cc1. The lowest BCUT2D eigenvalue weighted by molar-refractivity contribution is 0.0518. The van der Waals surface area contributed by atoms with Crippen LogP contribution in [0.5, 0.6) is 5.75 Å². The van der Waals surface area contributed by atoms with Crippen molar-refractivity contribution < 1.29 is 14.3 Å². The summed E-state index contributed by atoms with van der Waals surface area (Å²) in [6, 6.07) is 14.0. The topological polar surface area (TPSA) is 77.1 Å². The summed E-state index contributed by atoms with van der Waals surface area (Å²) in [5.41, 5.74) is 1.51. The first-order valence-electron chi connectivity index (χ1n) is 9.00. The van der Waals surface area contributed by atoms with Crippen molar-refractivity contribution in [3.63, 3.8) is 0 Å². The van der Waals surface area contributed by atoms with Crippen molar-refractivity contribution in [3.05, 3.63) is 76.4 Å². The van der Waals surface area contributed by atoms with Gasteiger partial charge in [0.15, 0.2) is 5.69 Å². The Labute approximate surface area is 183 Å². The quantitative estimate of drug-likeness (QED) is 0.359. The van der Waals surface area contributed by atoms with Gasteiger partial charge in [-0.25, -0.2) is 9.48 Å². The van der Waals surface area contributed by atoms with Crippen molar-refractivity contribution in [2.45, 2.75) is 6.92 Å². The number of nitrogens with zero attached hydrogens (tertiary/aromatic N) is 3. The number of carbonyl (C=O) groups is 1. The van der Waals surface area contributed by atoms with Gasteiger partial charge in [0, 0.05) is 10.6 Å². The van der Waals surface area contributed by atoms with Gasteiger partial charge >= 0.3 is 5.97 Å². The van der Waals surface area contributed by atoms with Crippen molar-refractivity contribution in [2.75, 3.05) is 13.2 Å². The lowest BCUT2D eigenvalue weighted by Crippen LogP contribution is -2.08. The maximum atomic E-state index is 12.4. The number of nitriles is 1. The van der Waals surface area contributed by atoms with Crippen LogP contribution in [0.3, 0.4) is 0 Å². The predicted octanol–water partition coefficient (Wildman–Crippen LogP) is 5.46. The third-order valence-corrected chi connectivity index (χ3v) is 4.64. The van der Waals surface area contributed by atoms with Gasteiger partial charge in [-0.2, -0.15) is 10.4 Å². The summed E-state index contributed by atoms with van der Waals surface area (Å²) in [5.74, 6) is -0.0524. The maximum Gasteiger partial charge on any atom is 0.360 e. The van der Waals surface area contributed by atoms with E-state index in [1.807, 2.05) is 0 Å². The fourth-order valence-electron chi connectivity index (χ4n) is 2.82. The number of rotatable bonds is 7. The van der Waals surface area contributed by atoms with Crippen LogP contribution in [-0.2, 0) is 4.74 Å². The van der Waals surface area contributed by atoms with Gasteiger partial charge in [0.05, 0.1) is 23.0 Å². The fourth-order valence-corrected chi connectivity index (χ4v) is 3.31. The van der Waals surface area contributed by atoms with Gasteiger partial charge in [-0.05, 0) is 49.4 Å². The summed E-state index contributed by atoms with van der Waals surface area (Å²) < 4.78 is 12.0. The standard InChI is InChI=1S/C22H17Cl2N3O3/c1-3-11-30-16-8-5-14(6-9-16)21-17(13-25)20(22(28)29-4-2)26-27(21)19-10-7-15(23)12-18(19)24/h3,5-10,12H,1,4,11H2,2H3. The number of aromatic nitrogens is 2. The molecule has 30 heavy (non-hydrogen) atoms. The largest absolute Gasteiger partial charge is 0.490 e. The molecule has 0 aliphatic carbocycles. The van der Waals surface area contributed by atoms with Crippen LogP contribution >= 0.6 is 23.2 Å². The second kappa shape index (κ2) is 9.49. The van der Waals surface area contributed by atoms with E-state index in [9.17, 15) is 10.1 Å². The van der Waals surface area contributed by atoms with Gasteiger partial charge < -0.3 is 9.47 Å². The third kappa shape index (κ3) is 4.33. The highest BCUT2D eigenvalue weighted by molar-refractivity contribution is 6.35. The van der Waals surface area contributed by atoms with Gasteiger partial charge in [0.1, 0.15) is 24.0 Å². The van der Waals surface area contributed by atoms with E-state index in [1.165, 1.54) is 4.68 Å². The normalized spacial score (nSPS) is 10.3. The lowest BCUT2D eigenvalue weighted by atomic mass is 10.1. The molecule has 0 aliphatic rings. The van der Waals surface area contributed by atoms with Gasteiger partial charge in [0.25, 0.3) is 0 Å². The molecule has 0 atom stereocenters. The van der Waals surface area contributed by atoms with Gasteiger partial charge in [-0.15, -0.1) is 0 Å². The molecule has 0 fully saturated rings. The Bertz CT molecular complexity index is 1130. The molecule has 3 rings (SSSR count). The zero-order valence-electron chi connectivity index (χ0n) is 16.1. The Morgan fingerprint density at radius 3 is 2.60 bits per heavy atom. The summed E-state index contributed by atoms with van der Waals surface area (Å²) in [5, 5.41) is 14.9. The molecule has 0 N–H and O–H groups in total. The number of halogens is 2. The van der Waals surface area contributed by atoms with Crippen molar-refractivity contribution in [1.29, 1.82) is 5.26 Å². The van der Waals surface area contributed by atoms with Crippen LogP contribution in [0.4, 0.5) is 0 Å². The molecule has 6 nitrogen and oxygen atoms in total. The van der Waals surface area contributed by atoms with E-state index in [0.29, 0.717) is 39.3 Å². The van der Waals surface area contributed by atoms with Crippen LogP contribution in [0.1, 0.15) is 23.0 Å². The Kier molecular flexibility index (Phi) is 6.78. The number of ether oxygens (including phenoxy) is 2. The Morgan fingerprint density at radius 1 is 1.27 bits per heavy atom. The summed E-state index contributed by atoms with van der Waals surface area (Å²) in [6.07, 6.45) is 1.64. The summed E-state index contributed by atoms with van der Waals surface area (Å²) >= 11 is 12.4. The Balaban J connectivity index is 2.22. The van der Waals surface area contributed by atoms with Crippen LogP contribution in [0, 0.1) is 11.3 Å². The van der Waals surface area contributed by atoms with Crippen LogP contribution in [0.15, 0.2) is 55.1 Å². The third-order valence-electron chi connectivity index (χ3n) is 4.10. The molecule has 0 amide bonds. The second-order valence-electron chi connectivity index (χ2n) is 6.04. The molecule has 0 bridgehead atoms. The van der Waals surface area contributed by atoms with Gasteiger partial charge in [-0.3, -0.25) is 0 Å². The van der Waals surface area contributed by atoms with Gasteiger partial charge in [0.2, 0.25) is 0 Å². The minimum Gasteiger partial charge on any atom is -0.490 e. The molecular weight excluding hydrogens is 425 g/mol. The smallest absolute Gasteiger partial charge is 0.360 e. The van der Waals surface area contributed by atoms with E-state index >= 15 is 0 Å². The molecule has 8 heteroatoms. The van der Waals surface area contributed by atoms with Crippen molar-refractivity contribution >= 4 is 29.2 Å². The van der Waals surface area contributed by atoms with Gasteiger partial charge in [-0.1, -0.05) is 35.9 Å². The number of hydrogen-bond donors (Lipinski definition) is 0. The molecule has 0 aliphatic heterocycles. The first-order valence-corrected chi connectivity index (χ1v) is 9.75. The first kappa shape index (κ1) is 21.4. The fraction of sp³-hybridized carbons (Fsp3) is 0.136.